The topological polar surface area (TPSA) is 6.48 Å². The molecule has 0 spiro atoms. The molecule has 0 saturated heterocycles. The van der Waals surface area contributed by atoms with Crippen LogP contribution in [-0.4, -0.2) is 66.5 Å². The van der Waals surface area contributed by atoms with Gasteiger partial charge in [-0.3, -0.25) is 0 Å². The van der Waals surface area contributed by atoms with Crippen LogP contribution < -0.4 is 0 Å². The second-order valence-electron chi connectivity index (χ2n) is 5.67. The van der Waals surface area contributed by atoms with E-state index in [1.807, 2.05) is 0 Å². The number of nitrogens with zero attached hydrogens (tertiary/aromatic N) is 2. The fraction of sp³-hybridized carbons (Fsp3) is 1.00. The van der Waals surface area contributed by atoms with Crippen LogP contribution in [0.25, 0.3) is 0 Å². The van der Waals surface area contributed by atoms with E-state index in [2.05, 4.69) is 51.8 Å². The molecule has 0 heterocycles. The van der Waals surface area contributed by atoms with E-state index in [0.717, 1.165) is 11.8 Å². The van der Waals surface area contributed by atoms with Crippen molar-refractivity contribution in [2.24, 2.45) is 11.8 Å². The Morgan fingerprint density at radius 1 is 0.867 bits per heavy atom. The zero-order valence-electron chi connectivity index (χ0n) is 13.6. The van der Waals surface area contributed by atoms with Gasteiger partial charge in [-0.25, -0.2) is 0 Å². The fourth-order valence-corrected chi connectivity index (χ4v) is 6.43. The van der Waals surface area contributed by atoms with Gasteiger partial charge >= 0.3 is 103 Å². The maximum Gasteiger partial charge on any atom is -1.00 e. The van der Waals surface area contributed by atoms with Crippen molar-refractivity contribution < 1.29 is 2.85 Å². The molecule has 0 fully saturated rings. The predicted molar refractivity (Wildman–Crippen MR) is 75.8 cm³/mol. The van der Waals surface area contributed by atoms with Crippen molar-refractivity contribution in [3.63, 3.8) is 0 Å². The minimum Gasteiger partial charge on any atom is -1.00 e. The monoisotopic (exact) mass is 278 g/mol. The summed E-state index contributed by atoms with van der Waals surface area (Å²) in [5.41, 5.74) is 0. The fourth-order valence-electron chi connectivity index (χ4n) is 2.24. The quantitative estimate of drug-likeness (QED) is 0.622. The first-order chi connectivity index (χ1) is 6.91. The molecule has 0 saturated carbocycles. The zero-order valence-corrected chi connectivity index (χ0v) is 14.6. The van der Waals surface area contributed by atoms with Gasteiger partial charge in [0.2, 0.25) is 0 Å². The Balaban J connectivity index is -0.000000980. The molecule has 0 aromatic rings. The molecular weight excluding hydrogens is 245 g/mol. The van der Waals surface area contributed by atoms with E-state index in [1.54, 1.807) is 10.5 Å². The summed E-state index contributed by atoms with van der Waals surface area (Å²) in [5, 5.41) is 3.12. The largest absolute Gasteiger partial charge is 1.00 e. The average Bonchev–Trinajstić information content (AvgIpc) is 2.00. The van der Waals surface area contributed by atoms with Gasteiger partial charge in [0.25, 0.3) is 0 Å². The second kappa shape index (κ2) is 8.60. The maximum atomic E-state index is 2.40. The van der Waals surface area contributed by atoms with E-state index in [-0.39, 0.29) is 18.3 Å². The summed E-state index contributed by atoms with van der Waals surface area (Å²) in [7, 11) is 8.71. The molecule has 0 aliphatic rings. The van der Waals surface area contributed by atoms with Crippen molar-refractivity contribution in [2.45, 2.75) is 24.4 Å². The second-order valence-corrected chi connectivity index (χ2v) is 9.57. The van der Waals surface area contributed by atoms with Crippen molar-refractivity contribution in [2.75, 3.05) is 41.3 Å². The number of hydrogen-bond donors (Lipinski definition) is 0. The van der Waals surface area contributed by atoms with Crippen LogP contribution in [0.2, 0.25) is 10.5 Å². The molecule has 0 bridgehead atoms. The average molecular weight is 277 g/mol. The summed E-state index contributed by atoms with van der Waals surface area (Å²) in [6.45, 7) is 7.35. The molecule has 0 N–H and O–H groups in total. The third-order valence-corrected chi connectivity index (χ3v) is 8.60. The molecule has 0 radical (unpaired) electrons. The van der Waals surface area contributed by atoms with Gasteiger partial charge in [-0.05, 0) is 0 Å². The molecule has 96 valence electrons. The summed E-state index contributed by atoms with van der Waals surface area (Å²) in [6, 6.07) is 0. The minimum atomic E-state index is -0.244. The Kier molecular flexibility index (Phi) is 8.86. The summed E-state index contributed by atoms with van der Waals surface area (Å²) in [6.07, 6.45) is 0. The predicted octanol–water partition coefficient (Wildman–Crippen LogP) is 1.61. The van der Waals surface area contributed by atoms with Gasteiger partial charge in [-0.2, -0.15) is 0 Å². The van der Waals surface area contributed by atoms with Gasteiger partial charge in [-0.15, -0.1) is 0 Å². The molecule has 15 heavy (non-hydrogen) atoms. The van der Waals surface area contributed by atoms with Gasteiger partial charge in [0.1, 0.15) is 0 Å². The first kappa shape index (κ1) is 15.5. The molecule has 0 aliphatic heterocycles. The molecule has 0 aromatic heterocycles. The van der Waals surface area contributed by atoms with Crippen LogP contribution in [0.4, 0.5) is 0 Å². The van der Waals surface area contributed by atoms with E-state index >= 15 is 0 Å². The molecular formula is C12H32GeN2-2. The Morgan fingerprint density at radius 2 is 1.20 bits per heavy atom. The van der Waals surface area contributed by atoms with Gasteiger partial charge in [0, 0.05) is 0 Å². The SMILES string of the molecule is CC([CH2][GeH2][CH2]C(C)CN(C)C)CN(C)C.[H-].[H-]. The Hall–Kier alpha value is 0.463. The van der Waals surface area contributed by atoms with E-state index in [4.69, 9.17) is 0 Å². The first-order valence-electron chi connectivity index (χ1n) is 6.21. The van der Waals surface area contributed by atoms with Gasteiger partial charge in [0.15, 0.2) is 0 Å². The van der Waals surface area contributed by atoms with Crippen LogP contribution in [0.15, 0.2) is 0 Å². The molecule has 0 amide bonds. The van der Waals surface area contributed by atoms with Crippen LogP contribution in [0, 0.1) is 11.8 Å². The Morgan fingerprint density at radius 3 is 1.47 bits per heavy atom. The normalized spacial score (nSPS) is 16.8. The molecule has 2 atom stereocenters. The summed E-state index contributed by atoms with van der Waals surface area (Å²) < 4.78 is 0. The first-order valence-corrected chi connectivity index (χ1v) is 10.4. The standard InChI is InChI=1S/C12H30GeN2.2H/c1-11(9-14(3)4)7-13-8-12(2)10-15(5)6;;/h11-12H,7-10,13H2,1-6H3;;/q;2*-1. The molecule has 3 heteroatoms. The van der Waals surface area contributed by atoms with Gasteiger partial charge in [0.05, 0.1) is 0 Å². The minimum absolute atomic E-state index is 0. The van der Waals surface area contributed by atoms with E-state index in [1.165, 1.54) is 13.1 Å². The van der Waals surface area contributed by atoms with E-state index in [0.29, 0.717) is 0 Å². The van der Waals surface area contributed by atoms with Crippen molar-refractivity contribution in [3.8, 4) is 0 Å². The van der Waals surface area contributed by atoms with E-state index in [9.17, 15) is 0 Å². The van der Waals surface area contributed by atoms with Crippen LogP contribution in [0.5, 0.6) is 0 Å². The summed E-state index contributed by atoms with van der Waals surface area (Å²) in [5.74, 6) is 1.85. The van der Waals surface area contributed by atoms with Crippen LogP contribution in [-0.2, 0) is 0 Å². The molecule has 2 nitrogen and oxygen atoms in total. The van der Waals surface area contributed by atoms with Crippen molar-refractivity contribution >= 4 is 15.4 Å². The summed E-state index contributed by atoms with van der Waals surface area (Å²) >= 11 is -0.244. The van der Waals surface area contributed by atoms with Crippen LogP contribution >= 0.6 is 0 Å². The van der Waals surface area contributed by atoms with Crippen molar-refractivity contribution in [3.05, 3.63) is 0 Å². The van der Waals surface area contributed by atoms with E-state index < -0.39 is 0 Å². The summed E-state index contributed by atoms with van der Waals surface area (Å²) in [4.78, 5) is 4.63. The van der Waals surface area contributed by atoms with Crippen molar-refractivity contribution in [1.82, 2.24) is 9.80 Å². The third kappa shape index (κ3) is 10.7. The molecule has 0 aliphatic carbocycles. The smallest absolute Gasteiger partial charge is 1.00 e. The van der Waals surface area contributed by atoms with Crippen LogP contribution in [0.3, 0.4) is 0 Å². The van der Waals surface area contributed by atoms with Gasteiger partial charge in [-0.1, -0.05) is 0 Å². The third-order valence-electron chi connectivity index (χ3n) is 2.75. The van der Waals surface area contributed by atoms with Gasteiger partial charge < -0.3 is 2.85 Å². The molecule has 0 rings (SSSR count). The Bertz CT molecular complexity index is 141. The zero-order chi connectivity index (χ0) is 11.8. The van der Waals surface area contributed by atoms with Crippen LogP contribution in [0.1, 0.15) is 16.7 Å². The molecule has 2 unspecified atom stereocenters. The maximum absolute atomic E-state index is 2.40. The van der Waals surface area contributed by atoms with Crippen molar-refractivity contribution in [1.29, 1.82) is 0 Å². The number of rotatable bonds is 8. The number of hydrogen-bond acceptors (Lipinski definition) is 2. The molecule has 0 aromatic carbocycles. The Labute approximate surface area is 106 Å².